The van der Waals surface area contributed by atoms with Gasteiger partial charge in [0.05, 0.1) is 7.11 Å². The van der Waals surface area contributed by atoms with Crippen LogP contribution in [0.3, 0.4) is 0 Å². The van der Waals surface area contributed by atoms with Crippen LogP contribution in [0, 0.1) is 5.82 Å². The van der Waals surface area contributed by atoms with Crippen molar-refractivity contribution in [1.29, 1.82) is 0 Å². The van der Waals surface area contributed by atoms with E-state index < -0.39 is 0 Å². The van der Waals surface area contributed by atoms with Crippen molar-refractivity contribution >= 4 is 17.5 Å². The minimum Gasteiger partial charge on any atom is -0.497 e. The molecule has 0 amide bonds. The van der Waals surface area contributed by atoms with Crippen molar-refractivity contribution in [3.05, 3.63) is 72.2 Å². The first kappa shape index (κ1) is 16.7. The molecule has 0 aliphatic heterocycles. The van der Waals surface area contributed by atoms with Gasteiger partial charge in [0.25, 0.3) is 0 Å². The minimum absolute atomic E-state index is 0.194. The fraction of sp³-hybridized carbons (Fsp3) is 0.158. The molecular formula is C19H19FN4O. The van der Waals surface area contributed by atoms with Crippen LogP contribution in [0.15, 0.2) is 60.8 Å². The standard InChI is InChI=1S/C19H19FN4O/c1-25-16-8-6-15(7-9-16)23-18-11-13-22-19(24-18)21-12-10-14-4-2-3-5-17(14)20/h2-9,11,13H,10,12H2,1H3,(H2,21,22,23,24). The highest BCUT2D eigenvalue weighted by molar-refractivity contribution is 5.57. The monoisotopic (exact) mass is 338 g/mol. The average molecular weight is 338 g/mol. The van der Waals surface area contributed by atoms with Gasteiger partial charge in [-0.25, -0.2) is 9.37 Å². The molecule has 2 N–H and O–H groups in total. The summed E-state index contributed by atoms with van der Waals surface area (Å²) in [7, 11) is 1.63. The first-order valence-electron chi connectivity index (χ1n) is 7.96. The molecule has 0 bridgehead atoms. The van der Waals surface area contributed by atoms with Crippen molar-refractivity contribution in [1.82, 2.24) is 9.97 Å². The highest BCUT2D eigenvalue weighted by atomic mass is 19.1. The van der Waals surface area contributed by atoms with Crippen LogP contribution in [0.5, 0.6) is 5.75 Å². The van der Waals surface area contributed by atoms with Gasteiger partial charge in [-0.1, -0.05) is 18.2 Å². The molecule has 1 heterocycles. The van der Waals surface area contributed by atoms with E-state index >= 15 is 0 Å². The molecule has 0 saturated heterocycles. The Morgan fingerprint density at radius 1 is 1.04 bits per heavy atom. The number of hydrogen-bond acceptors (Lipinski definition) is 5. The second-order valence-corrected chi connectivity index (χ2v) is 5.39. The van der Waals surface area contributed by atoms with Crippen molar-refractivity contribution in [3.8, 4) is 5.75 Å². The highest BCUT2D eigenvalue weighted by Gasteiger charge is 2.03. The van der Waals surface area contributed by atoms with Gasteiger partial charge in [-0.3, -0.25) is 0 Å². The summed E-state index contributed by atoms with van der Waals surface area (Å²) < 4.78 is 18.7. The molecule has 3 rings (SSSR count). The second kappa shape index (κ2) is 8.10. The molecule has 0 aliphatic carbocycles. The summed E-state index contributed by atoms with van der Waals surface area (Å²) in [5, 5.41) is 6.32. The number of benzene rings is 2. The lowest BCUT2D eigenvalue weighted by molar-refractivity contribution is 0.415. The Morgan fingerprint density at radius 2 is 1.84 bits per heavy atom. The zero-order valence-corrected chi connectivity index (χ0v) is 13.9. The predicted molar refractivity (Wildman–Crippen MR) is 96.9 cm³/mol. The molecule has 0 radical (unpaired) electrons. The van der Waals surface area contributed by atoms with Crippen LogP contribution in [-0.2, 0) is 6.42 Å². The zero-order chi connectivity index (χ0) is 17.5. The lowest BCUT2D eigenvalue weighted by atomic mass is 10.1. The molecule has 128 valence electrons. The van der Waals surface area contributed by atoms with E-state index in [2.05, 4.69) is 20.6 Å². The van der Waals surface area contributed by atoms with Crippen LogP contribution in [0.2, 0.25) is 0 Å². The van der Waals surface area contributed by atoms with Crippen LogP contribution >= 0.6 is 0 Å². The maximum atomic E-state index is 13.6. The molecule has 0 aliphatic rings. The summed E-state index contributed by atoms with van der Waals surface area (Å²) in [6, 6.07) is 16.1. The van der Waals surface area contributed by atoms with Crippen LogP contribution in [0.4, 0.5) is 21.8 Å². The Kier molecular flexibility index (Phi) is 5.41. The number of nitrogens with zero attached hydrogens (tertiary/aromatic N) is 2. The third-order valence-electron chi connectivity index (χ3n) is 3.65. The maximum Gasteiger partial charge on any atom is 0.224 e. The number of nitrogens with one attached hydrogen (secondary N) is 2. The number of halogens is 1. The van der Waals surface area contributed by atoms with Gasteiger partial charge >= 0.3 is 0 Å². The SMILES string of the molecule is COc1ccc(Nc2ccnc(NCCc3ccccc3F)n2)cc1. The normalized spacial score (nSPS) is 10.3. The molecule has 0 unspecified atom stereocenters. The molecule has 25 heavy (non-hydrogen) atoms. The Bertz CT molecular complexity index is 824. The predicted octanol–water partition coefficient (Wildman–Crippen LogP) is 4.02. The highest BCUT2D eigenvalue weighted by Crippen LogP contribution is 2.19. The molecule has 0 atom stereocenters. The molecule has 3 aromatic rings. The van der Waals surface area contributed by atoms with Crippen LogP contribution < -0.4 is 15.4 Å². The van der Waals surface area contributed by atoms with Gasteiger partial charge in [-0.05, 0) is 48.4 Å². The lowest BCUT2D eigenvalue weighted by Gasteiger charge is -2.09. The average Bonchev–Trinajstić information content (AvgIpc) is 2.64. The molecule has 6 heteroatoms. The number of anilines is 3. The molecule has 0 fully saturated rings. The molecule has 0 saturated carbocycles. The van der Waals surface area contributed by atoms with Crippen LogP contribution in [0.1, 0.15) is 5.56 Å². The number of ether oxygens (including phenoxy) is 1. The number of aromatic nitrogens is 2. The quantitative estimate of drug-likeness (QED) is 0.681. The Balaban J connectivity index is 1.58. The summed E-state index contributed by atoms with van der Waals surface area (Å²) in [4.78, 5) is 8.59. The topological polar surface area (TPSA) is 59.1 Å². The van der Waals surface area contributed by atoms with Gasteiger partial charge in [-0.2, -0.15) is 4.98 Å². The van der Waals surface area contributed by atoms with E-state index in [-0.39, 0.29) is 5.82 Å². The van der Waals surface area contributed by atoms with E-state index in [0.29, 0.717) is 30.3 Å². The molecule has 2 aromatic carbocycles. The largest absolute Gasteiger partial charge is 0.497 e. The number of methoxy groups -OCH3 is 1. The number of hydrogen-bond donors (Lipinski definition) is 2. The van der Waals surface area contributed by atoms with E-state index in [4.69, 9.17) is 4.74 Å². The van der Waals surface area contributed by atoms with Gasteiger partial charge in [0.1, 0.15) is 17.4 Å². The van der Waals surface area contributed by atoms with E-state index in [1.54, 1.807) is 31.5 Å². The summed E-state index contributed by atoms with van der Waals surface area (Å²) in [5.41, 5.74) is 1.57. The van der Waals surface area contributed by atoms with Gasteiger partial charge in [0.2, 0.25) is 5.95 Å². The van der Waals surface area contributed by atoms with Crippen molar-refractivity contribution in [2.45, 2.75) is 6.42 Å². The van der Waals surface area contributed by atoms with Crippen molar-refractivity contribution in [2.75, 3.05) is 24.3 Å². The van der Waals surface area contributed by atoms with Crippen LogP contribution in [0.25, 0.3) is 0 Å². The summed E-state index contributed by atoms with van der Waals surface area (Å²) in [6.07, 6.45) is 2.23. The first-order valence-corrected chi connectivity index (χ1v) is 7.96. The van der Waals surface area contributed by atoms with Crippen molar-refractivity contribution < 1.29 is 9.13 Å². The third kappa shape index (κ3) is 4.67. The fourth-order valence-electron chi connectivity index (χ4n) is 2.35. The van der Waals surface area contributed by atoms with Crippen molar-refractivity contribution in [3.63, 3.8) is 0 Å². The Morgan fingerprint density at radius 3 is 2.60 bits per heavy atom. The summed E-state index contributed by atoms with van der Waals surface area (Å²) >= 11 is 0. The number of rotatable bonds is 7. The second-order valence-electron chi connectivity index (χ2n) is 5.39. The fourth-order valence-corrected chi connectivity index (χ4v) is 2.35. The molecular weight excluding hydrogens is 319 g/mol. The summed E-state index contributed by atoms with van der Waals surface area (Å²) in [5.74, 6) is 1.77. The van der Waals surface area contributed by atoms with E-state index in [9.17, 15) is 4.39 Å². The smallest absolute Gasteiger partial charge is 0.224 e. The molecule has 1 aromatic heterocycles. The molecule has 0 spiro atoms. The molecule has 5 nitrogen and oxygen atoms in total. The third-order valence-corrected chi connectivity index (χ3v) is 3.65. The van der Waals surface area contributed by atoms with Crippen LogP contribution in [-0.4, -0.2) is 23.6 Å². The van der Waals surface area contributed by atoms with Gasteiger partial charge in [0.15, 0.2) is 0 Å². The van der Waals surface area contributed by atoms with Gasteiger partial charge in [0, 0.05) is 18.4 Å². The van der Waals surface area contributed by atoms with Gasteiger partial charge < -0.3 is 15.4 Å². The van der Waals surface area contributed by atoms with E-state index in [1.165, 1.54) is 6.07 Å². The Labute approximate surface area is 145 Å². The van der Waals surface area contributed by atoms with E-state index in [0.717, 1.165) is 11.4 Å². The zero-order valence-electron chi connectivity index (χ0n) is 13.9. The van der Waals surface area contributed by atoms with Gasteiger partial charge in [-0.15, -0.1) is 0 Å². The van der Waals surface area contributed by atoms with E-state index in [1.807, 2.05) is 30.3 Å². The summed E-state index contributed by atoms with van der Waals surface area (Å²) in [6.45, 7) is 0.549. The lowest BCUT2D eigenvalue weighted by Crippen LogP contribution is -2.09. The Hall–Kier alpha value is -3.15. The minimum atomic E-state index is -0.194. The van der Waals surface area contributed by atoms with Crippen molar-refractivity contribution in [2.24, 2.45) is 0 Å². The first-order chi connectivity index (χ1) is 12.2. The maximum absolute atomic E-state index is 13.6.